The number of nitrogens with one attached hydrogen (secondary N) is 2. The fraction of sp³-hybridized carbons (Fsp3) is 0.357. The molecule has 0 bridgehead atoms. The number of nitrogens with zero attached hydrogens (tertiary/aromatic N) is 2. The molecule has 2 aromatic rings. The van der Waals surface area contributed by atoms with Gasteiger partial charge in [0.2, 0.25) is 5.88 Å². The topological polar surface area (TPSA) is 106 Å². The number of aromatic nitrogens is 2. The minimum absolute atomic E-state index is 0.287. The van der Waals surface area contributed by atoms with Crippen LogP contribution >= 0.6 is 0 Å². The molecule has 0 saturated heterocycles. The van der Waals surface area contributed by atoms with E-state index in [0.717, 1.165) is 29.8 Å². The largest absolute Gasteiger partial charge is 0.338 e. The zero-order chi connectivity index (χ0) is 15.4. The predicted octanol–water partition coefficient (Wildman–Crippen LogP) is 2.18. The molecule has 0 aliphatic rings. The average molecular weight is 289 g/mol. The van der Waals surface area contributed by atoms with Crippen LogP contribution in [0.2, 0.25) is 0 Å². The highest BCUT2D eigenvalue weighted by atomic mass is 16.5. The number of hydrogen-bond acceptors (Lipinski definition) is 6. The molecular formula is C14H19N5O2. The Morgan fingerprint density at radius 2 is 2.14 bits per heavy atom. The van der Waals surface area contributed by atoms with Gasteiger partial charge in [-0.3, -0.25) is 10.1 Å². The number of hydrogen-bond donors (Lipinski definition) is 3. The second-order valence-corrected chi connectivity index (χ2v) is 4.80. The Morgan fingerprint density at radius 3 is 2.71 bits per heavy atom. The lowest BCUT2D eigenvalue weighted by Crippen LogP contribution is -2.15. The quantitative estimate of drug-likeness (QED) is 0.575. The summed E-state index contributed by atoms with van der Waals surface area (Å²) in [4.78, 5) is 16.6. The molecule has 21 heavy (non-hydrogen) atoms. The second-order valence-electron chi connectivity index (χ2n) is 4.80. The molecule has 0 saturated carbocycles. The van der Waals surface area contributed by atoms with E-state index in [9.17, 15) is 4.79 Å². The predicted molar refractivity (Wildman–Crippen MR) is 80.0 cm³/mol. The van der Waals surface area contributed by atoms with Crippen LogP contribution < -0.4 is 16.6 Å². The SMILES string of the molecule is CCCc1cc(C(=O)Nc2onc(C)c2C)cc(NN)n1. The van der Waals surface area contributed by atoms with Gasteiger partial charge in [-0.05, 0) is 32.4 Å². The first-order chi connectivity index (χ1) is 10.0. The number of aryl methyl sites for hydroxylation is 2. The van der Waals surface area contributed by atoms with Crippen molar-refractivity contribution in [1.82, 2.24) is 10.1 Å². The molecule has 1 amide bonds. The molecule has 0 aliphatic heterocycles. The van der Waals surface area contributed by atoms with Crippen LogP contribution in [0.3, 0.4) is 0 Å². The van der Waals surface area contributed by atoms with Crippen LogP contribution in [-0.2, 0) is 6.42 Å². The summed E-state index contributed by atoms with van der Waals surface area (Å²) in [7, 11) is 0. The Hall–Kier alpha value is -2.41. The minimum atomic E-state index is -0.287. The summed E-state index contributed by atoms with van der Waals surface area (Å²) in [6.07, 6.45) is 1.71. The molecule has 2 aromatic heterocycles. The van der Waals surface area contributed by atoms with Crippen molar-refractivity contribution in [3.63, 3.8) is 0 Å². The second kappa shape index (κ2) is 6.36. The summed E-state index contributed by atoms with van der Waals surface area (Å²) < 4.78 is 5.08. The van der Waals surface area contributed by atoms with Crippen LogP contribution in [0, 0.1) is 13.8 Å². The normalized spacial score (nSPS) is 10.5. The van der Waals surface area contributed by atoms with Gasteiger partial charge in [-0.25, -0.2) is 10.8 Å². The Labute approximate surface area is 122 Å². The van der Waals surface area contributed by atoms with Gasteiger partial charge in [0, 0.05) is 16.8 Å². The lowest BCUT2D eigenvalue weighted by molar-refractivity contribution is 0.102. The Kier molecular flexibility index (Phi) is 4.54. The number of pyridine rings is 1. The van der Waals surface area contributed by atoms with Crippen molar-refractivity contribution >= 4 is 17.6 Å². The third-order valence-electron chi connectivity index (χ3n) is 3.18. The number of carbonyl (C=O) groups is 1. The Balaban J connectivity index is 2.25. The first-order valence-electron chi connectivity index (χ1n) is 6.77. The number of nitrogen functional groups attached to an aromatic ring is 1. The van der Waals surface area contributed by atoms with E-state index in [1.54, 1.807) is 12.1 Å². The highest BCUT2D eigenvalue weighted by molar-refractivity contribution is 6.04. The van der Waals surface area contributed by atoms with Gasteiger partial charge in [0.05, 0.1) is 5.69 Å². The molecule has 0 aromatic carbocycles. The number of amides is 1. The van der Waals surface area contributed by atoms with Crippen LogP contribution in [0.4, 0.5) is 11.7 Å². The average Bonchev–Trinajstić information content (AvgIpc) is 2.79. The monoisotopic (exact) mass is 289 g/mol. The van der Waals surface area contributed by atoms with Crippen molar-refractivity contribution in [3.05, 3.63) is 34.6 Å². The van der Waals surface area contributed by atoms with Gasteiger partial charge in [0.1, 0.15) is 5.82 Å². The molecule has 112 valence electrons. The molecule has 7 nitrogen and oxygen atoms in total. The van der Waals surface area contributed by atoms with Crippen LogP contribution in [0.15, 0.2) is 16.7 Å². The van der Waals surface area contributed by atoms with Gasteiger partial charge in [0.25, 0.3) is 5.91 Å². The molecule has 0 spiro atoms. The smallest absolute Gasteiger partial charge is 0.258 e. The first kappa shape index (κ1) is 15.0. The van der Waals surface area contributed by atoms with Gasteiger partial charge in [-0.15, -0.1) is 0 Å². The Bertz CT molecular complexity index is 651. The minimum Gasteiger partial charge on any atom is -0.338 e. The van der Waals surface area contributed by atoms with E-state index in [2.05, 4.69) is 20.9 Å². The summed E-state index contributed by atoms with van der Waals surface area (Å²) in [5.41, 5.74) is 5.30. The van der Waals surface area contributed by atoms with E-state index in [4.69, 9.17) is 10.4 Å². The molecule has 0 atom stereocenters. The molecule has 0 aliphatic carbocycles. The maximum Gasteiger partial charge on any atom is 0.258 e. The fourth-order valence-electron chi connectivity index (χ4n) is 1.88. The molecule has 4 N–H and O–H groups in total. The lowest BCUT2D eigenvalue weighted by atomic mass is 10.1. The molecular weight excluding hydrogens is 270 g/mol. The van der Waals surface area contributed by atoms with E-state index >= 15 is 0 Å². The van der Waals surface area contributed by atoms with Crippen molar-refractivity contribution in [2.24, 2.45) is 5.84 Å². The molecule has 7 heteroatoms. The van der Waals surface area contributed by atoms with Crippen molar-refractivity contribution in [3.8, 4) is 0 Å². The highest BCUT2D eigenvalue weighted by Crippen LogP contribution is 2.19. The van der Waals surface area contributed by atoms with E-state index in [1.807, 2.05) is 20.8 Å². The number of rotatable bonds is 5. The lowest BCUT2D eigenvalue weighted by Gasteiger charge is -2.08. The fourth-order valence-corrected chi connectivity index (χ4v) is 1.88. The summed E-state index contributed by atoms with van der Waals surface area (Å²) in [6.45, 7) is 5.70. The van der Waals surface area contributed by atoms with Gasteiger partial charge in [-0.1, -0.05) is 18.5 Å². The molecule has 0 unspecified atom stereocenters. The number of nitrogens with two attached hydrogens (primary N) is 1. The third kappa shape index (κ3) is 3.38. The standard InChI is InChI=1S/C14H19N5O2/c1-4-5-11-6-10(7-12(16-11)18-15)13(20)17-14-8(2)9(3)19-21-14/h6-7H,4-5,15H2,1-3H3,(H,16,18)(H,17,20). The zero-order valence-corrected chi connectivity index (χ0v) is 12.4. The van der Waals surface area contributed by atoms with Crippen molar-refractivity contribution in [1.29, 1.82) is 0 Å². The summed E-state index contributed by atoms with van der Waals surface area (Å²) in [5.74, 6) is 5.91. The highest BCUT2D eigenvalue weighted by Gasteiger charge is 2.15. The summed E-state index contributed by atoms with van der Waals surface area (Å²) >= 11 is 0. The Morgan fingerprint density at radius 1 is 1.38 bits per heavy atom. The van der Waals surface area contributed by atoms with E-state index in [0.29, 0.717) is 17.3 Å². The van der Waals surface area contributed by atoms with Crippen molar-refractivity contribution in [2.45, 2.75) is 33.6 Å². The van der Waals surface area contributed by atoms with Gasteiger partial charge in [0.15, 0.2) is 0 Å². The van der Waals surface area contributed by atoms with Crippen LogP contribution in [0.25, 0.3) is 0 Å². The molecule has 0 radical (unpaired) electrons. The van der Waals surface area contributed by atoms with Gasteiger partial charge >= 0.3 is 0 Å². The molecule has 2 rings (SSSR count). The molecule has 0 fully saturated rings. The number of carbonyl (C=O) groups excluding carboxylic acids is 1. The maximum atomic E-state index is 12.3. The van der Waals surface area contributed by atoms with Crippen LogP contribution in [0.1, 0.15) is 40.7 Å². The summed E-state index contributed by atoms with van der Waals surface area (Å²) in [5, 5.41) is 6.51. The van der Waals surface area contributed by atoms with Crippen molar-refractivity contribution in [2.75, 3.05) is 10.7 Å². The zero-order valence-electron chi connectivity index (χ0n) is 12.4. The maximum absolute atomic E-state index is 12.3. The first-order valence-corrected chi connectivity index (χ1v) is 6.77. The van der Waals surface area contributed by atoms with Gasteiger partial charge in [-0.2, -0.15) is 0 Å². The third-order valence-corrected chi connectivity index (χ3v) is 3.18. The number of anilines is 2. The van der Waals surface area contributed by atoms with Crippen LogP contribution in [0.5, 0.6) is 0 Å². The van der Waals surface area contributed by atoms with E-state index in [1.165, 1.54) is 0 Å². The summed E-state index contributed by atoms with van der Waals surface area (Å²) in [6, 6.07) is 3.34. The van der Waals surface area contributed by atoms with Crippen LogP contribution in [-0.4, -0.2) is 16.0 Å². The number of hydrazine groups is 1. The van der Waals surface area contributed by atoms with E-state index < -0.39 is 0 Å². The van der Waals surface area contributed by atoms with Gasteiger partial charge < -0.3 is 9.95 Å². The molecule has 2 heterocycles. The van der Waals surface area contributed by atoms with E-state index in [-0.39, 0.29) is 5.91 Å². The van der Waals surface area contributed by atoms with Crippen molar-refractivity contribution < 1.29 is 9.32 Å².